The van der Waals surface area contributed by atoms with Crippen LogP contribution in [0.4, 0.5) is 0 Å². The highest BCUT2D eigenvalue weighted by atomic mass is 16.2. The van der Waals surface area contributed by atoms with E-state index in [2.05, 4.69) is 4.98 Å². The van der Waals surface area contributed by atoms with Gasteiger partial charge in [0, 0.05) is 31.5 Å². The van der Waals surface area contributed by atoms with Crippen molar-refractivity contribution in [2.24, 2.45) is 5.92 Å². The first-order valence-corrected chi connectivity index (χ1v) is 4.89. The van der Waals surface area contributed by atoms with Gasteiger partial charge in [-0.05, 0) is 18.6 Å². The van der Waals surface area contributed by atoms with Crippen molar-refractivity contribution in [1.82, 2.24) is 9.88 Å². The fraction of sp³-hybridized carbons (Fsp3) is 0.364. The van der Waals surface area contributed by atoms with E-state index in [4.69, 9.17) is 0 Å². The van der Waals surface area contributed by atoms with Gasteiger partial charge < -0.3 is 4.90 Å². The Morgan fingerprint density at radius 3 is 2.93 bits per heavy atom. The van der Waals surface area contributed by atoms with Crippen molar-refractivity contribution in [1.29, 1.82) is 0 Å². The number of rotatable bonds is 2. The highest BCUT2D eigenvalue weighted by molar-refractivity contribution is 6.10. The maximum atomic E-state index is 11.9. The topological polar surface area (TPSA) is 50.3 Å². The molecule has 1 aliphatic heterocycles. The van der Waals surface area contributed by atoms with Crippen LogP contribution in [-0.2, 0) is 4.79 Å². The average Bonchev–Trinajstić information content (AvgIpc) is 2.60. The van der Waals surface area contributed by atoms with Gasteiger partial charge in [0.2, 0.25) is 5.91 Å². The van der Waals surface area contributed by atoms with Gasteiger partial charge in [0.25, 0.3) is 0 Å². The predicted octanol–water partition coefficient (Wildman–Crippen LogP) is 0.743. The van der Waals surface area contributed by atoms with Crippen LogP contribution in [0.5, 0.6) is 0 Å². The van der Waals surface area contributed by atoms with Crippen LogP contribution in [0.15, 0.2) is 24.5 Å². The maximum Gasteiger partial charge on any atom is 0.233 e. The van der Waals surface area contributed by atoms with Crippen LogP contribution in [0.25, 0.3) is 0 Å². The van der Waals surface area contributed by atoms with E-state index < -0.39 is 5.92 Å². The summed E-state index contributed by atoms with van der Waals surface area (Å²) >= 11 is 0. The third-order valence-electron chi connectivity index (χ3n) is 2.69. The molecule has 0 aliphatic carbocycles. The fourth-order valence-electron chi connectivity index (χ4n) is 1.78. The number of hydrogen-bond donors (Lipinski definition) is 0. The Balaban J connectivity index is 2.20. The van der Waals surface area contributed by atoms with Crippen molar-refractivity contribution < 1.29 is 9.59 Å². The number of likely N-dealkylation sites (tertiary alicyclic amines) is 1. The molecule has 0 saturated carbocycles. The molecule has 1 atom stereocenters. The van der Waals surface area contributed by atoms with Crippen molar-refractivity contribution >= 4 is 11.7 Å². The van der Waals surface area contributed by atoms with Gasteiger partial charge in [0.1, 0.15) is 5.92 Å². The van der Waals surface area contributed by atoms with E-state index >= 15 is 0 Å². The molecule has 1 amide bonds. The summed E-state index contributed by atoms with van der Waals surface area (Å²) in [5.41, 5.74) is 0.520. The lowest BCUT2D eigenvalue weighted by molar-refractivity contribution is -0.128. The number of carbonyl (C=O) groups excluding carboxylic acids is 2. The Bertz CT molecular complexity index is 389. The molecule has 0 spiro atoms. The molecule has 1 saturated heterocycles. The first kappa shape index (κ1) is 9.83. The molecule has 1 aromatic heterocycles. The second-order valence-electron chi connectivity index (χ2n) is 3.71. The van der Waals surface area contributed by atoms with Crippen LogP contribution in [0.3, 0.4) is 0 Å². The molecule has 4 nitrogen and oxygen atoms in total. The van der Waals surface area contributed by atoms with E-state index in [1.807, 2.05) is 0 Å². The molecule has 1 unspecified atom stereocenters. The Kier molecular flexibility index (Phi) is 2.49. The van der Waals surface area contributed by atoms with Crippen molar-refractivity contribution in [3.63, 3.8) is 0 Å². The molecule has 2 heterocycles. The number of Topliss-reactive ketones (excluding diaryl/α,β-unsaturated/α-hetero) is 1. The minimum Gasteiger partial charge on any atom is -0.345 e. The minimum atomic E-state index is -0.501. The lowest BCUT2D eigenvalue weighted by Gasteiger charge is -2.08. The Morgan fingerprint density at radius 1 is 1.60 bits per heavy atom. The van der Waals surface area contributed by atoms with Gasteiger partial charge in [-0.2, -0.15) is 0 Å². The minimum absolute atomic E-state index is 0.0798. The van der Waals surface area contributed by atoms with E-state index in [1.165, 1.54) is 6.20 Å². The summed E-state index contributed by atoms with van der Waals surface area (Å²) in [5.74, 6) is -0.694. The highest BCUT2D eigenvalue weighted by Crippen LogP contribution is 2.20. The van der Waals surface area contributed by atoms with Gasteiger partial charge in [-0.25, -0.2) is 0 Å². The first-order chi connectivity index (χ1) is 7.20. The van der Waals surface area contributed by atoms with Gasteiger partial charge in [-0.3, -0.25) is 14.6 Å². The standard InChI is InChI=1S/C11H12N2O2/c1-13-6-4-9(11(13)15)10(14)8-3-2-5-12-7-8/h2-3,5,7,9H,4,6H2,1H3/i2+1,3+1,5+1,7+1,8+1,10+1. The molecule has 78 valence electrons. The van der Waals surface area contributed by atoms with Crippen LogP contribution in [0.1, 0.15) is 16.8 Å². The largest absolute Gasteiger partial charge is 0.345 e. The summed E-state index contributed by atoms with van der Waals surface area (Å²) in [4.78, 5) is 29.0. The zero-order valence-corrected chi connectivity index (χ0v) is 8.51. The SMILES string of the molecule is CN1CCC([13C](=O)[13c]2[13cH][13cH][13cH]n[13cH]2)C1=O. The molecule has 1 fully saturated rings. The third-order valence-corrected chi connectivity index (χ3v) is 2.69. The van der Waals surface area contributed by atoms with Crippen LogP contribution in [0, 0.1) is 5.92 Å². The summed E-state index contributed by atoms with van der Waals surface area (Å²) < 4.78 is 0. The van der Waals surface area contributed by atoms with E-state index in [-0.39, 0.29) is 11.7 Å². The number of ketones is 1. The molecule has 1 aromatic rings. The predicted molar refractivity (Wildman–Crippen MR) is 54.3 cm³/mol. The summed E-state index contributed by atoms with van der Waals surface area (Å²) in [5, 5.41) is 0. The normalized spacial score (nSPS) is 20.7. The van der Waals surface area contributed by atoms with Crippen LogP contribution in [-0.4, -0.2) is 35.2 Å². The zero-order valence-electron chi connectivity index (χ0n) is 8.51. The smallest absolute Gasteiger partial charge is 0.233 e. The number of aromatic nitrogens is 1. The molecule has 1 aliphatic rings. The molecular weight excluding hydrogens is 198 g/mol. The van der Waals surface area contributed by atoms with Crippen molar-refractivity contribution in [3.05, 3.63) is 30.1 Å². The second kappa shape index (κ2) is 3.81. The molecule has 0 aromatic carbocycles. The lowest BCUT2D eigenvalue weighted by Crippen LogP contribution is -2.27. The van der Waals surface area contributed by atoms with Gasteiger partial charge in [0.15, 0.2) is 5.78 Å². The van der Waals surface area contributed by atoms with E-state index in [1.54, 1.807) is 30.3 Å². The summed E-state index contributed by atoms with van der Waals surface area (Å²) in [6.07, 6.45) is 3.73. The van der Waals surface area contributed by atoms with Gasteiger partial charge in [0.05, 0.1) is 0 Å². The molecule has 2 rings (SSSR count). The van der Waals surface area contributed by atoms with Gasteiger partial charge in [-0.15, -0.1) is 0 Å². The number of pyridine rings is 1. The maximum absolute atomic E-state index is 11.9. The van der Waals surface area contributed by atoms with Crippen molar-refractivity contribution in [2.75, 3.05) is 13.6 Å². The summed E-state index contributed by atoms with van der Waals surface area (Å²) in [7, 11) is 1.72. The third kappa shape index (κ3) is 1.75. The lowest BCUT2D eigenvalue weighted by atomic mass is 10.2. The number of nitrogens with zero attached hydrogens (tertiary/aromatic N) is 2. The molecule has 0 radical (unpaired) electrons. The van der Waals surface area contributed by atoms with Gasteiger partial charge >= 0.3 is 0 Å². The summed E-state index contributed by atoms with van der Waals surface area (Å²) in [6.45, 7) is 0.662. The zero-order chi connectivity index (χ0) is 10.8. The number of carbonyl (C=O) groups is 2. The average molecular weight is 210 g/mol. The molecule has 4 heteroatoms. The quantitative estimate of drug-likeness (QED) is 0.411. The second-order valence-corrected chi connectivity index (χ2v) is 3.71. The van der Waals surface area contributed by atoms with E-state index in [0.29, 0.717) is 18.5 Å². The number of amides is 1. The van der Waals surface area contributed by atoms with Crippen molar-refractivity contribution in [3.8, 4) is 0 Å². The Labute approximate surface area is 87.9 Å². The molecule has 0 bridgehead atoms. The van der Waals surface area contributed by atoms with Crippen LogP contribution >= 0.6 is 0 Å². The van der Waals surface area contributed by atoms with Crippen LogP contribution in [0.2, 0.25) is 0 Å². The molecule has 0 N–H and O–H groups in total. The fourth-order valence-corrected chi connectivity index (χ4v) is 1.78. The monoisotopic (exact) mass is 210 g/mol. The highest BCUT2D eigenvalue weighted by Gasteiger charge is 2.35. The van der Waals surface area contributed by atoms with E-state index in [0.717, 1.165) is 0 Å². The summed E-state index contributed by atoms with van der Waals surface area (Å²) in [6, 6.07) is 3.40. The van der Waals surface area contributed by atoms with Crippen molar-refractivity contribution in [2.45, 2.75) is 6.42 Å². The Morgan fingerprint density at radius 2 is 2.40 bits per heavy atom. The molecular formula is C11H12N2O2. The number of hydrogen-bond acceptors (Lipinski definition) is 3. The van der Waals surface area contributed by atoms with E-state index in [9.17, 15) is 9.59 Å². The Hall–Kier alpha value is -1.71. The molecule has 15 heavy (non-hydrogen) atoms. The van der Waals surface area contributed by atoms with Crippen LogP contribution < -0.4 is 0 Å². The first-order valence-electron chi connectivity index (χ1n) is 4.89. The van der Waals surface area contributed by atoms with Gasteiger partial charge in [-0.1, -0.05) is 0 Å².